The Morgan fingerprint density at radius 1 is 1.26 bits per heavy atom. The van der Waals surface area contributed by atoms with Crippen molar-refractivity contribution < 1.29 is 9.59 Å². The van der Waals surface area contributed by atoms with Crippen molar-refractivity contribution in [1.29, 1.82) is 0 Å². The first-order valence-electron chi connectivity index (χ1n) is 6.39. The summed E-state index contributed by atoms with van der Waals surface area (Å²) in [4.78, 5) is 24.6. The minimum Gasteiger partial charge on any atom is -0.347 e. The number of benzene rings is 1. The summed E-state index contributed by atoms with van der Waals surface area (Å²) in [5.74, 6) is -0.292. The van der Waals surface area contributed by atoms with E-state index >= 15 is 0 Å². The number of hydrogen-bond donors (Lipinski definition) is 2. The molecule has 1 aromatic rings. The minimum absolute atomic E-state index is 0.0345. The average Bonchev–Trinajstić information content (AvgIpc) is 2.41. The van der Waals surface area contributed by atoms with Gasteiger partial charge in [0, 0.05) is 20.0 Å². The van der Waals surface area contributed by atoms with Crippen molar-refractivity contribution in [2.24, 2.45) is 5.73 Å². The van der Waals surface area contributed by atoms with Gasteiger partial charge in [0.25, 0.3) is 0 Å². The highest BCUT2D eigenvalue weighted by molar-refractivity contribution is 5.83. The molecule has 0 aliphatic rings. The minimum atomic E-state index is -0.202. The molecule has 0 radical (unpaired) electrons. The molecular weight excluding hydrogens is 242 g/mol. The second kappa shape index (κ2) is 8.26. The van der Waals surface area contributed by atoms with Crippen LogP contribution in [-0.2, 0) is 16.1 Å². The SMILES string of the molecule is CC(=O)NCC(=O)N(CCCN)Cc1ccccc1. The summed E-state index contributed by atoms with van der Waals surface area (Å²) >= 11 is 0. The van der Waals surface area contributed by atoms with Crippen LogP contribution in [-0.4, -0.2) is 36.3 Å². The predicted molar refractivity (Wildman–Crippen MR) is 74.2 cm³/mol. The van der Waals surface area contributed by atoms with Crippen LogP contribution in [0.2, 0.25) is 0 Å². The Morgan fingerprint density at radius 2 is 1.95 bits per heavy atom. The number of carbonyl (C=O) groups is 2. The Hall–Kier alpha value is -1.88. The maximum Gasteiger partial charge on any atom is 0.242 e. The summed E-state index contributed by atoms with van der Waals surface area (Å²) in [7, 11) is 0. The molecule has 3 N–H and O–H groups in total. The number of nitrogens with zero attached hydrogens (tertiary/aromatic N) is 1. The summed E-state index contributed by atoms with van der Waals surface area (Å²) in [6.07, 6.45) is 0.749. The molecule has 0 aliphatic heterocycles. The number of nitrogens with two attached hydrogens (primary N) is 1. The van der Waals surface area contributed by atoms with Crippen LogP contribution in [0.4, 0.5) is 0 Å². The molecule has 1 rings (SSSR count). The smallest absolute Gasteiger partial charge is 0.242 e. The number of hydrogen-bond acceptors (Lipinski definition) is 3. The first kappa shape index (κ1) is 15.2. The molecule has 0 atom stereocenters. The monoisotopic (exact) mass is 263 g/mol. The molecule has 0 spiro atoms. The van der Waals surface area contributed by atoms with E-state index in [0.29, 0.717) is 19.6 Å². The van der Waals surface area contributed by atoms with Crippen molar-refractivity contribution in [3.05, 3.63) is 35.9 Å². The summed E-state index contributed by atoms with van der Waals surface area (Å²) < 4.78 is 0. The molecule has 0 fully saturated rings. The van der Waals surface area contributed by atoms with E-state index in [1.54, 1.807) is 4.90 Å². The van der Waals surface area contributed by atoms with Gasteiger partial charge in [-0.1, -0.05) is 30.3 Å². The average molecular weight is 263 g/mol. The quantitative estimate of drug-likeness (QED) is 0.752. The molecule has 0 saturated heterocycles. The van der Waals surface area contributed by atoms with Gasteiger partial charge in [0.15, 0.2) is 0 Å². The van der Waals surface area contributed by atoms with Crippen LogP contribution in [0.1, 0.15) is 18.9 Å². The number of amides is 2. The van der Waals surface area contributed by atoms with Crippen LogP contribution in [0.5, 0.6) is 0 Å². The molecule has 5 heteroatoms. The van der Waals surface area contributed by atoms with E-state index in [1.807, 2.05) is 30.3 Å². The van der Waals surface area contributed by atoms with Gasteiger partial charge in [-0.05, 0) is 18.5 Å². The van der Waals surface area contributed by atoms with Crippen LogP contribution in [0.15, 0.2) is 30.3 Å². The maximum absolute atomic E-state index is 12.0. The first-order valence-corrected chi connectivity index (χ1v) is 6.39. The molecular formula is C14H21N3O2. The van der Waals surface area contributed by atoms with Gasteiger partial charge in [-0.15, -0.1) is 0 Å². The normalized spacial score (nSPS) is 10.0. The lowest BCUT2D eigenvalue weighted by atomic mass is 10.2. The third-order valence-electron chi connectivity index (χ3n) is 2.69. The highest BCUT2D eigenvalue weighted by atomic mass is 16.2. The van der Waals surface area contributed by atoms with E-state index in [-0.39, 0.29) is 18.4 Å². The lowest BCUT2D eigenvalue weighted by molar-refractivity contribution is -0.133. The topological polar surface area (TPSA) is 75.4 Å². The van der Waals surface area contributed by atoms with E-state index < -0.39 is 0 Å². The molecule has 0 unspecified atom stereocenters. The van der Waals surface area contributed by atoms with E-state index in [9.17, 15) is 9.59 Å². The van der Waals surface area contributed by atoms with Gasteiger partial charge in [0.1, 0.15) is 0 Å². The number of carbonyl (C=O) groups excluding carboxylic acids is 2. The lowest BCUT2D eigenvalue weighted by Gasteiger charge is -2.22. The lowest BCUT2D eigenvalue weighted by Crippen LogP contribution is -2.40. The standard InChI is InChI=1S/C14H21N3O2/c1-12(18)16-10-14(19)17(9-5-8-15)11-13-6-3-2-4-7-13/h2-4,6-7H,5,8-11,15H2,1H3,(H,16,18). The van der Waals surface area contributed by atoms with E-state index in [2.05, 4.69) is 5.32 Å². The van der Waals surface area contributed by atoms with Gasteiger partial charge in [0.2, 0.25) is 11.8 Å². The van der Waals surface area contributed by atoms with Gasteiger partial charge in [-0.3, -0.25) is 9.59 Å². The third kappa shape index (κ3) is 6.01. The van der Waals surface area contributed by atoms with Gasteiger partial charge in [-0.2, -0.15) is 0 Å². The van der Waals surface area contributed by atoms with Crippen LogP contribution in [0.3, 0.4) is 0 Å². The van der Waals surface area contributed by atoms with Crippen molar-refractivity contribution in [2.45, 2.75) is 19.9 Å². The first-order chi connectivity index (χ1) is 9.13. The second-order valence-corrected chi connectivity index (χ2v) is 4.35. The Kier molecular flexibility index (Phi) is 6.60. The molecule has 2 amide bonds. The Labute approximate surface area is 113 Å². The van der Waals surface area contributed by atoms with E-state index in [4.69, 9.17) is 5.73 Å². The highest BCUT2D eigenvalue weighted by Crippen LogP contribution is 2.05. The molecule has 0 saturated carbocycles. The zero-order chi connectivity index (χ0) is 14.1. The molecule has 19 heavy (non-hydrogen) atoms. The molecule has 0 aliphatic carbocycles. The van der Waals surface area contributed by atoms with Crippen molar-refractivity contribution in [3.63, 3.8) is 0 Å². The zero-order valence-electron chi connectivity index (χ0n) is 11.3. The van der Waals surface area contributed by atoms with Gasteiger partial charge < -0.3 is 16.0 Å². The Balaban J connectivity index is 2.60. The van der Waals surface area contributed by atoms with E-state index in [1.165, 1.54) is 6.92 Å². The molecule has 0 heterocycles. The van der Waals surface area contributed by atoms with Crippen LogP contribution in [0.25, 0.3) is 0 Å². The van der Waals surface area contributed by atoms with Crippen LogP contribution < -0.4 is 11.1 Å². The summed E-state index contributed by atoms with van der Waals surface area (Å²) in [5.41, 5.74) is 6.55. The number of rotatable bonds is 7. The Bertz CT molecular complexity index is 406. The predicted octanol–water partition coefficient (Wildman–Crippen LogP) is 0.500. The van der Waals surface area contributed by atoms with Crippen LogP contribution >= 0.6 is 0 Å². The largest absolute Gasteiger partial charge is 0.347 e. The highest BCUT2D eigenvalue weighted by Gasteiger charge is 2.13. The van der Waals surface area contributed by atoms with Crippen molar-refractivity contribution in [1.82, 2.24) is 10.2 Å². The molecule has 5 nitrogen and oxygen atoms in total. The molecule has 104 valence electrons. The second-order valence-electron chi connectivity index (χ2n) is 4.35. The summed E-state index contributed by atoms with van der Waals surface area (Å²) in [6.45, 7) is 3.11. The summed E-state index contributed by atoms with van der Waals surface area (Å²) in [5, 5.41) is 2.53. The van der Waals surface area contributed by atoms with Gasteiger partial charge in [-0.25, -0.2) is 0 Å². The van der Waals surface area contributed by atoms with Crippen molar-refractivity contribution in [2.75, 3.05) is 19.6 Å². The Morgan fingerprint density at radius 3 is 2.53 bits per heavy atom. The summed E-state index contributed by atoms with van der Waals surface area (Å²) in [6, 6.07) is 9.76. The fourth-order valence-corrected chi connectivity index (χ4v) is 1.69. The molecule has 0 bridgehead atoms. The maximum atomic E-state index is 12.0. The van der Waals surface area contributed by atoms with Crippen LogP contribution in [0, 0.1) is 0 Å². The van der Waals surface area contributed by atoms with Gasteiger partial charge >= 0.3 is 0 Å². The third-order valence-corrected chi connectivity index (χ3v) is 2.69. The fraction of sp³-hybridized carbons (Fsp3) is 0.429. The number of nitrogens with one attached hydrogen (secondary N) is 1. The van der Waals surface area contributed by atoms with Crippen molar-refractivity contribution >= 4 is 11.8 Å². The van der Waals surface area contributed by atoms with E-state index in [0.717, 1.165) is 12.0 Å². The van der Waals surface area contributed by atoms with Gasteiger partial charge in [0.05, 0.1) is 6.54 Å². The molecule has 0 aromatic heterocycles. The molecule has 1 aromatic carbocycles. The van der Waals surface area contributed by atoms with Crippen molar-refractivity contribution in [3.8, 4) is 0 Å². The zero-order valence-corrected chi connectivity index (χ0v) is 11.3. The fourth-order valence-electron chi connectivity index (χ4n) is 1.69.